The van der Waals surface area contributed by atoms with E-state index < -0.39 is 37.3 Å². The standard InChI is InChI=1S/C15H11Cl2FN2O5S/c1-7(21)19-8-2-3-13(10(16)4-8)20-26(24,25)14-5-9(15(22)23)12(18)6-11(14)17/h2-6,20H,1H3,(H,19,21)(H,22,23). The molecule has 0 radical (unpaired) electrons. The second-order valence-electron chi connectivity index (χ2n) is 5.05. The molecule has 1 amide bonds. The average molecular weight is 421 g/mol. The topological polar surface area (TPSA) is 113 Å². The number of benzene rings is 2. The van der Waals surface area contributed by atoms with E-state index in [0.29, 0.717) is 17.8 Å². The van der Waals surface area contributed by atoms with E-state index >= 15 is 0 Å². The number of amides is 1. The molecule has 0 atom stereocenters. The summed E-state index contributed by atoms with van der Waals surface area (Å²) in [5.41, 5.74) is -0.543. The summed E-state index contributed by atoms with van der Waals surface area (Å²) in [6.45, 7) is 1.29. The predicted molar refractivity (Wildman–Crippen MR) is 94.9 cm³/mol. The molecule has 0 aromatic heterocycles. The van der Waals surface area contributed by atoms with Crippen LogP contribution in [0.2, 0.25) is 10.0 Å². The van der Waals surface area contributed by atoms with Crippen LogP contribution in [-0.2, 0) is 14.8 Å². The summed E-state index contributed by atoms with van der Waals surface area (Å²) in [6, 6.07) is 5.22. The van der Waals surface area contributed by atoms with E-state index in [0.717, 1.165) is 0 Å². The van der Waals surface area contributed by atoms with Crippen LogP contribution in [0.1, 0.15) is 17.3 Å². The van der Waals surface area contributed by atoms with E-state index in [2.05, 4.69) is 10.0 Å². The van der Waals surface area contributed by atoms with E-state index in [1.807, 2.05) is 0 Å². The molecule has 26 heavy (non-hydrogen) atoms. The molecule has 2 rings (SSSR count). The second-order valence-corrected chi connectivity index (χ2v) is 7.51. The zero-order valence-electron chi connectivity index (χ0n) is 13.0. The smallest absolute Gasteiger partial charge is 0.338 e. The minimum absolute atomic E-state index is 0.0310. The fourth-order valence-electron chi connectivity index (χ4n) is 1.98. The van der Waals surface area contributed by atoms with Crippen molar-refractivity contribution in [1.82, 2.24) is 0 Å². The number of nitrogens with one attached hydrogen (secondary N) is 2. The van der Waals surface area contributed by atoms with Crippen molar-refractivity contribution in [2.45, 2.75) is 11.8 Å². The first kappa shape index (κ1) is 20.0. The van der Waals surface area contributed by atoms with Crippen molar-refractivity contribution in [3.05, 3.63) is 51.8 Å². The highest BCUT2D eigenvalue weighted by atomic mass is 35.5. The number of halogens is 3. The SMILES string of the molecule is CC(=O)Nc1ccc(NS(=O)(=O)c2cc(C(=O)O)c(F)cc2Cl)c(Cl)c1. The first-order chi connectivity index (χ1) is 12.0. The first-order valence-electron chi connectivity index (χ1n) is 6.83. The number of aromatic carboxylic acids is 1. The molecule has 0 fully saturated rings. The van der Waals surface area contributed by atoms with Crippen LogP contribution < -0.4 is 10.0 Å². The van der Waals surface area contributed by atoms with Gasteiger partial charge in [0.15, 0.2) is 0 Å². The minimum atomic E-state index is -4.36. The van der Waals surface area contributed by atoms with Gasteiger partial charge in [-0.3, -0.25) is 9.52 Å². The van der Waals surface area contributed by atoms with Crippen molar-refractivity contribution < 1.29 is 27.5 Å². The number of sulfonamides is 1. The van der Waals surface area contributed by atoms with Crippen LogP contribution in [0.15, 0.2) is 35.2 Å². The van der Waals surface area contributed by atoms with Crippen molar-refractivity contribution in [2.24, 2.45) is 0 Å². The van der Waals surface area contributed by atoms with Crippen molar-refractivity contribution in [3.63, 3.8) is 0 Å². The molecule has 2 aromatic rings. The van der Waals surface area contributed by atoms with Gasteiger partial charge in [0.25, 0.3) is 10.0 Å². The Morgan fingerprint density at radius 1 is 1.12 bits per heavy atom. The second kappa shape index (κ2) is 7.48. The van der Waals surface area contributed by atoms with Gasteiger partial charge in [0.1, 0.15) is 10.7 Å². The van der Waals surface area contributed by atoms with Crippen LogP contribution in [-0.4, -0.2) is 25.4 Å². The summed E-state index contributed by atoms with van der Waals surface area (Å²) in [4.78, 5) is 21.4. The lowest BCUT2D eigenvalue weighted by atomic mass is 10.2. The van der Waals surface area contributed by atoms with Crippen LogP contribution in [0.25, 0.3) is 0 Å². The van der Waals surface area contributed by atoms with E-state index in [9.17, 15) is 22.4 Å². The summed E-state index contributed by atoms with van der Waals surface area (Å²) >= 11 is 11.7. The van der Waals surface area contributed by atoms with E-state index in [-0.39, 0.29) is 16.6 Å². The summed E-state index contributed by atoms with van der Waals surface area (Å²) in [7, 11) is -4.36. The van der Waals surface area contributed by atoms with Crippen LogP contribution in [0.4, 0.5) is 15.8 Å². The third-order valence-corrected chi connectivity index (χ3v) is 5.22. The fourth-order valence-corrected chi connectivity index (χ4v) is 3.88. The number of hydrogen-bond acceptors (Lipinski definition) is 4. The van der Waals surface area contributed by atoms with Gasteiger partial charge in [-0.05, 0) is 30.3 Å². The number of carbonyl (C=O) groups is 2. The van der Waals surface area contributed by atoms with Crippen LogP contribution in [0.5, 0.6) is 0 Å². The van der Waals surface area contributed by atoms with Crippen LogP contribution in [0.3, 0.4) is 0 Å². The number of carboxylic acid groups (broad SMARTS) is 1. The Balaban J connectivity index is 2.42. The van der Waals surface area contributed by atoms with Gasteiger partial charge >= 0.3 is 5.97 Å². The van der Waals surface area contributed by atoms with Gasteiger partial charge in [-0.25, -0.2) is 17.6 Å². The maximum Gasteiger partial charge on any atom is 0.338 e. The molecule has 0 spiro atoms. The van der Waals surface area contributed by atoms with Gasteiger partial charge in [-0.2, -0.15) is 0 Å². The molecule has 0 aliphatic rings. The zero-order valence-corrected chi connectivity index (χ0v) is 15.3. The van der Waals surface area contributed by atoms with E-state index in [4.69, 9.17) is 28.3 Å². The van der Waals surface area contributed by atoms with Gasteiger partial charge in [-0.15, -0.1) is 0 Å². The molecular formula is C15H11Cl2FN2O5S. The quantitative estimate of drug-likeness (QED) is 0.683. The van der Waals surface area contributed by atoms with Gasteiger partial charge in [0.05, 0.1) is 21.3 Å². The summed E-state index contributed by atoms with van der Waals surface area (Å²) in [5, 5.41) is 10.9. The fraction of sp³-hybridized carbons (Fsp3) is 0.0667. The van der Waals surface area contributed by atoms with Crippen LogP contribution >= 0.6 is 23.2 Å². The molecule has 0 aliphatic heterocycles. The van der Waals surface area contributed by atoms with Gasteiger partial charge < -0.3 is 10.4 Å². The largest absolute Gasteiger partial charge is 0.478 e. The number of anilines is 2. The lowest BCUT2D eigenvalue weighted by molar-refractivity contribution is -0.114. The number of carbonyl (C=O) groups excluding carboxylic acids is 1. The van der Waals surface area contributed by atoms with Gasteiger partial charge in [0, 0.05) is 12.6 Å². The molecule has 0 saturated heterocycles. The zero-order chi connectivity index (χ0) is 19.6. The number of carboxylic acids is 1. The predicted octanol–water partition coefficient (Wildman–Crippen LogP) is 3.59. The number of hydrogen-bond donors (Lipinski definition) is 3. The first-order valence-corrected chi connectivity index (χ1v) is 9.07. The Morgan fingerprint density at radius 2 is 1.77 bits per heavy atom. The summed E-state index contributed by atoms with van der Waals surface area (Å²) < 4.78 is 40.7. The molecule has 2 aromatic carbocycles. The molecule has 0 heterocycles. The van der Waals surface area contributed by atoms with Crippen molar-refractivity contribution >= 4 is 56.5 Å². The Kier molecular flexibility index (Phi) is 5.74. The van der Waals surface area contributed by atoms with Crippen molar-refractivity contribution in [1.29, 1.82) is 0 Å². The monoisotopic (exact) mass is 420 g/mol. The van der Waals surface area contributed by atoms with Crippen molar-refractivity contribution in [3.8, 4) is 0 Å². The molecule has 138 valence electrons. The molecule has 3 N–H and O–H groups in total. The van der Waals surface area contributed by atoms with Crippen LogP contribution in [0, 0.1) is 5.82 Å². The number of rotatable bonds is 5. The third-order valence-electron chi connectivity index (χ3n) is 3.08. The highest BCUT2D eigenvalue weighted by Gasteiger charge is 2.24. The minimum Gasteiger partial charge on any atom is -0.478 e. The molecule has 11 heteroatoms. The van der Waals surface area contributed by atoms with E-state index in [1.54, 1.807) is 0 Å². The molecule has 7 nitrogen and oxygen atoms in total. The Labute approximate surface area is 157 Å². The van der Waals surface area contributed by atoms with Crippen molar-refractivity contribution in [2.75, 3.05) is 10.0 Å². The molecular weight excluding hydrogens is 410 g/mol. The maximum absolute atomic E-state index is 13.6. The molecule has 0 unspecified atom stereocenters. The van der Waals surface area contributed by atoms with Gasteiger partial charge in [-0.1, -0.05) is 23.2 Å². The van der Waals surface area contributed by atoms with Gasteiger partial charge in [0.2, 0.25) is 5.91 Å². The Hall–Kier alpha value is -2.36. The Bertz CT molecular complexity index is 1010. The third kappa shape index (κ3) is 4.43. The normalized spacial score (nSPS) is 11.1. The molecule has 0 bridgehead atoms. The average Bonchev–Trinajstić information content (AvgIpc) is 2.48. The molecule has 0 aliphatic carbocycles. The maximum atomic E-state index is 13.6. The lowest BCUT2D eigenvalue weighted by Crippen LogP contribution is -2.15. The summed E-state index contributed by atoms with van der Waals surface area (Å²) in [5.74, 6) is -3.15. The lowest BCUT2D eigenvalue weighted by Gasteiger charge is -2.13. The highest BCUT2D eigenvalue weighted by Crippen LogP contribution is 2.31. The molecule has 0 saturated carbocycles. The highest BCUT2D eigenvalue weighted by molar-refractivity contribution is 7.92. The summed E-state index contributed by atoms with van der Waals surface area (Å²) in [6.07, 6.45) is 0. The Morgan fingerprint density at radius 3 is 2.31 bits per heavy atom. The van der Waals surface area contributed by atoms with E-state index in [1.165, 1.54) is 25.1 Å².